The first-order valence-corrected chi connectivity index (χ1v) is 8.57. The normalized spacial score (nSPS) is 11.7. The van der Waals surface area contributed by atoms with E-state index in [1.807, 2.05) is 60.7 Å². The van der Waals surface area contributed by atoms with Crippen LogP contribution in [-0.4, -0.2) is 25.2 Å². The maximum absolute atomic E-state index is 12.0. The Morgan fingerprint density at radius 1 is 0.846 bits per heavy atom. The number of carbonyl (C=O) groups excluding carboxylic acids is 2. The van der Waals surface area contributed by atoms with E-state index in [0.717, 1.165) is 11.1 Å². The molecule has 0 radical (unpaired) electrons. The molecule has 1 atom stereocenters. The molecule has 2 aromatic rings. The number of hydrogen-bond acceptors (Lipinski definition) is 5. The van der Waals surface area contributed by atoms with E-state index in [0.29, 0.717) is 6.61 Å². The average molecular weight is 356 g/mol. The van der Waals surface area contributed by atoms with E-state index in [1.54, 1.807) is 6.92 Å². The average Bonchev–Trinajstić information content (AvgIpc) is 2.67. The highest BCUT2D eigenvalue weighted by Crippen LogP contribution is 2.06. The van der Waals surface area contributed by atoms with E-state index in [-0.39, 0.29) is 38.1 Å². The molecule has 2 aromatic carbocycles. The Hall–Kier alpha value is -2.50. The number of esters is 1. The van der Waals surface area contributed by atoms with E-state index < -0.39 is 5.97 Å². The fraction of sp³-hybridized carbons (Fsp3) is 0.333. The van der Waals surface area contributed by atoms with Gasteiger partial charge in [0.15, 0.2) is 0 Å². The van der Waals surface area contributed by atoms with Gasteiger partial charge in [0.2, 0.25) is 0 Å². The molecule has 0 aliphatic rings. The lowest BCUT2D eigenvalue weighted by Crippen LogP contribution is -2.21. The number of ether oxygens (including phenoxy) is 3. The molecule has 0 aliphatic heterocycles. The molecule has 0 heterocycles. The molecule has 0 bridgehead atoms. The van der Waals surface area contributed by atoms with Crippen LogP contribution in [0.3, 0.4) is 0 Å². The monoisotopic (exact) mass is 356 g/mol. The quantitative estimate of drug-likeness (QED) is 0.267. The minimum Gasteiger partial charge on any atom is -0.460 e. The molecule has 0 aliphatic carbocycles. The molecule has 26 heavy (non-hydrogen) atoms. The summed E-state index contributed by atoms with van der Waals surface area (Å²) in [6.45, 7) is 2.66. The fourth-order valence-corrected chi connectivity index (χ4v) is 2.22. The number of benzene rings is 2. The number of carbonyl (C=O) groups is 2. The molecule has 5 nitrogen and oxygen atoms in total. The van der Waals surface area contributed by atoms with Crippen LogP contribution in [-0.2, 0) is 37.0 Å². The van der Waals surface area contributed by atoms with Crippen LogP contribution in [0.1, 0.15) is 24.5 Å². The highest BCUT2D eigenvalue weighted by Gasteiger charge is 2.18. The summed E-state index contributed by atoms with van der Waals surface area (Å²) in [6, 6.07) is 19.1. The van der Waals surface area contributed by atoms with Gasteiger partial charge in [0, 0.05) is 5.92 Å². The Kier molecular flexibility index (Phi) is 8.52. The Bertz CT molecular complexity index is 669. The van der Waals surface area contributed by atoms with E-state index in [4.69, 9.17) is 14.2 Å². The van der Waals surface area contributed by atoms with Gasteiger partial charge in [-0.25, -0.2) is 0 Å². The van der Waals surface area contributed by atoms with Crippen LogP contribution in [0.4, 0.5) is 0 Å². The Balaban J connectivity index is 1.57. The first kappa shape index (κ1) is 19.8. The Labute approximate surface area is 153 Å². The third-order valence-corrected chi connectivity index (χ3v) is 3.76. The third kappa shape index (κ3) is 7.59. The molecule has 2 rings (SSSR count). The molecule has 0 saturated heterocycles. The van der Waals surface area contributed by atoms with Gasteiger partial charge in [0.05, 0.1) is 13.2 Å². The maximum atomic E-state index is 12.0. The van der Waals surface area contributed by atoms with Crippen LogP contribution >= 0.6 is 0 Å². The highest BCUT2D eigenvalue weighted by molar-refractivity contribution is 5.96. The van der Waals surface area contributed by atoms with Crippen LogP contribution < -0.4 is 0 Å². The van der Waals surface area contributed by atoms with Crippen molar-refractivity contribution in [2.45, 2.75) is 26.6 Å². The lowest BCUT2D eigenvalue weighted by Gasteiger charge is -2.11. The topological polar surface area (TPSA) is 61.8 Å². The molecule has 1 unspecified atom stereocenters. The van der Waals surface area contributed by atoms with Crippen molar-refractivity contribution in [3.05, 3.63) is 71.8 Å². The molecule has 0 fully saturated rings. The summed E-state index contributed by atoms with van der Waals surface area (Å²) >= 11 is 0. The third-order valence-electron chi connectivity index (χ3n) is 3.76. The first-order valence-electron chi connectivity index (χ1n) is 8.57. The summed E-state index contributed by atoms with van der Waals surface area (Å²) in [5, 5.41) is 0. The van der Waals surface area contributed by atoms with Gasteiger partial charge in [0.1, 0.15) is 25.6 Å². The number of Topliss-reactive ketones (excluding diaryl/α,β-unsaturated/α-hetero) is 1. The molecule has 138 valence electrons. The second-order valence-electron chi connectivity index (χ2n) is 6.01. The SMILES string of the molecule is CC(COCOCc1ccccc1)C(=O)CC(=O)OCc1ccccc1. The van der Waals surface area contributed by atoms with Crippen molar-refractivity contribution in [3.8, 4) is 0 Å². The van der Waals surface area contributed by atoms with Crippen molar-refractivity contribution in [2.75, 3.05) is 13.4 Å². The van der Waals surface area contributed by atoms with Crippen molar-refractivity contribution in [3.63, 3.8) is 0 Å². The molecule has 0 aromatic heterocycles. The Morgan fingerprint density at radius 3 is 2.04 bits per heavy atom. The summed E-state index contributed by atoms with van der Waals surface area (Å²) < 4.78 is 15.9. The van der Waals surface area contributed by atoms with Gasteiger partial charge in [0.25, 0.3) is 0 Å². The van der Waals surface area contributed by atoms with Gasteiger partial charge in [-0.3, -0.25) is 9.59 Å². The van der Waals surface area contributed by atoms with Crippen molar-refractivity contribution in [1.82, 2.24) is 0 Å². The number of ketones is 1. The van der Waals surface area contributed by atoms with Crippen molar-refractivity contribution in [2.24, 2.45) is 5.92 Å². The maximum Gasteiger partial charge on any atom is 0.313 e. The van der Waals surface area contributed by atoms with Crippen molar-refractivity contribution < 1.29 is 23.8 Å². The van der Waals surface area contributed by atoms with Gasteiger partial charge < -0.3 is 14.2 Å². The van der Waals surface area contributed by atoms with Crippen molar-refractivity contribution in [1.29, 1.82) is 0 Å². The first-order chi connectivity index (χ1) is 12.6. The summed E-state index contributed by atoms with van der Waals surface area (Å²) in [5.41, 5.74) is 1.95. The van der Waals surface area contributed by atoms with Crippen LogP contribution in [0.25, 0.3) is 0 Å². The lowest BCUT2D eigenvalue weighted by atomic mass is 10.1. The predicted molar refractivity (Wildman–Crippen MR) is 97.1 cm³/mol. The van der Waals surface area contributed by atoms with Gasteiger partial charge in [-0.05, 0) is 11.1 Å². The molecule has 0 N–H and O–H groups in total. The number of rotatable bonds is 11. The van der Waals surface area contributed by atoms with Gasteiger partial charge in [-0.15, -0.1) is 0 Å². The molecule has 5 heteroatoms. The standard InChI is InChI=1S/C21H24O5/c1-17(13-24-16-25-14-18-8-4-2-5-9-18)20(22)12-21(23)26-15-19-10-6-3-7-11-19/h2-11,17H,12-16H2,1H3. The van der Waals surface area contributed by atoms with E-state index in [1.165, 1.54) is 0 Å². The number of hydrogen-bond donors (Lipinski definition) is 0. The molecule has 0 saturated carbocycles. The molecular formula is C21H24O5. The van der Waals surface area contributed by atoms with Gasteiger partial charge in [-0.1, -0.05) is 67.6 Å². The highest BCUT2D eigenvalue weighted by atomic mass is 16.7. The molecular weight excluding hydrogens is 332 g/mol. The fourth-order valence-electron chi connectivity index (χ4n) is 2.22. The predicted octanol–water partition coefficient (Wildman–Crippen LogP) is 3.52. The molecule has 0 spiro atoms. The van der Waals surface area contributed by atoms with Crippen LogP contribution in [0, 0.1) is 5.92 Å². The second-order valence-corrected chi connectivity index (χ2v) is 6.01. The molecule has 0 amide bonds. The summed E-state index contributed by atoms with van der Waals surface area (Å²) in [6.07, 6.45) is -0.248. The smallest absolute Gasteiger partial charge is 0.313 e. The minimum absolute atomic E-state index is 0.102. The zero-order valence-electron chi connectivity index (χ0n) is 14.9. The van der Waals surface area contributed by atoms with Crippen molar-refractivity contribution >= 4 is 11.8 Å². The largest absolute Gasteiger partial charge is 0.460 e. The van der Waals surface area contributed by atoms with E-state index in [2.05, 4.69) is 0 Å². The van der Waals surface area contributed by atoms with Crippen LogP contribution in [0.2, 0.25) is 0 Å². The van der Waals surface area contributed by atoms with Gasteiger partial charge in [-0.2, -0.15) is 0 Å². The minimum atomic E-state index is -0.522. The summed E-state index contributed by atoms with van der Waals surface area (Å²) in [4.78, 5) is 23.8. The Morgan fingerprint density at radius 2 is 1.42 bits per heavy atom. The van der Waals surface area contributed by atoms with Gasteiger partial charge >= 0.3 is 5.97 Å². The van der Waals surface area contributed by atoms with E-state index in [9.17, 15) is 9.59 Å². The van der Waals surface area contributed by atoms with E-state index >= 15 is 0 Å². The zero-order chi connectivity index (χ0) is 18.6. The van der Waals surface area contributed by atoms with Crippen LogP contribution in [0.5, 0.6) is 0 Å². The summed E-state index contributed by atoms with van der Waals surface area (Å²) in [7, 11) is 0. The lowest BCUT2D eigenvalue weighted by molar-refractivity contribution is -0.148. The zero-order valence-corrected chi connectivity index (χ0v) is 14.9. The second kappa shape index (κ2) is 11.2. The van der Waals surface area contributed by atoms with Crippen LogP contribution in [0.15, 0.2) is 60.7 Å². The summed E-state index contributed by atoms with van der Waals surface area (Å²) in [5.74, 6) is -1.11.